The number of nitrogens with two attached hydrogens (primary N) is 1. The van der Waals surface area contributed by atoms with Crippen molar-refractivity contribution in [2.24, 2.45) is 0 Å². The fourth-order valence-corrected chi connectivity index (χ4v) is 6.06. The summed E-state index contributed by atoms with van der Waals surface area (Å²) >= 11 is 5.58. The molecule has 212 valence electrons. The van der Waals surface area contributed by atoms with E-state index in [4.69, 9.17) is 35.8 Å². The van der Waals surface area contributed by atoms with Gasteiger partial charge in [0, 0.05) is 11.8 Å². The second-order valence-corrected chi connectivity index (χ2v) is 12.1. The molecular weight excluding hydrogens is 570 g/mol. The highest BCUT2D eigenvalue weighted by molar-refractivity contribution is 8.07. The van der Waals surface area contributed by atoms with Gasteiger partial charge >= 0.3 is 6.72 Å². The minimum absolute atomic E-state index is 0.00311. The molecule has 4 aromatic rings. The zero-order chi connectivity index (χ0) is 28.7. The Labute approximate surface area is 232 Å². The first-order chi connectivity index (χ1) is 19.0. The minimum Gasteiger partial charge on any atom is -0.416 e. The van der Waals surface area contributed by atoms with Gasteiger partial charge in [-0.3, -0.25) is 9.09 Å². The summed E-state index contributed by atoms with van der Waals surface area (Å²) in [5, 5.41) is 10.8. The molecule has 0 spiro atoms. The SMILES string of the molecule is Cc1ccc(OP(=S)(OC[C@@]2(C(F)F)O[C@@H](n3cnc4c(N)ncnc43)[C@H](F)[C@@H]2O)Oc2ccc(C)cc2)cc1. The molecular formula is C25H25F3N5O5PS. The lowest BCUT2D eigenvalue weighted by Gasteiger charge is -2.32. The number of fused-ring (bicyclic) bond motifs is 1. The average molecular weight is 596 g/mol. The number of nitrogen functional groups attached to an aromatic ring is 1. The number of hydrogen-bond acceptors (Lipinski definition) is 10. The Morgan fingerprint density at radius 1 is 1.05 bits per heavy atom. The van der Waals surface area contributed by atoms with E-state index in [2.05, 4.69) is 15.0 Å². The van der Waals surface area contributed by atoms with Crippen LogP contribution >= 0.6 is 6.72 Å². The first-order valence-electron chi connectivity index (χ1n) is 12.0. The lowest BCUT2D eigenvalue weighted by Crippen LogP contribution is -2.52. The maximum absolute atomic E-state index is 15.5. The first kappa shape index (κ1) is 28.2. The van der Waals surface area contributed by atoms with E-state index < -0.39 is 43.9 Å². The van der Waals surface area contributed by atoms with Gasteiger partial charge in [0.05, 0.1) is 12.9 Å². The number of ether oxygens (including phenoxy) is 1. The van der Waals surface area contributed by atoms with Crippen LogP contribution in [0.25, 0.3) is 11.2 Å². The van der Waals surface area contributed by atoms with Gasteiger partial charge in [-0.15, -0.1) is 0 Å². The number of rotatable bonds is 9. The molecule has 4 atom stereocenters. The smallest absolute Gasteiger partial charge is 0.416 e. The van der Waals surface area contributed by atoms with Gasteiger partial charge in [-0.1, -0.05) is 35.4 Å². The van der Waals surface area contributed by atoms with E-state index in [1.165, 1.54) is 0 Å². The van der Waals surface area contributed by atoms with Gasteiger partial charge < -0.3 is 24.6 Å². The van der Waals surface area contributed by atoms with Crippen molar-refractivity contribution in [2.75, 3.05) is 12.3 Å². The number of benzene rings is 2. The Morgan fingerprint density at radius 3 is 2.17 bits per heavy atom. The van der Waals surface area contributed by atoms with Crippen LogP contribution in [0.3, 0.4) is 0 Å². The molecule has 0 saturated carbocycles. The standard InChI is InChI=1S/C25H25F3N5O5PS/c1-14-3-7-16(8-4-14)37-39(40,38-17-9-5-15(2)6-10-17)35-11-25(24(27)28)20(34)18(26)23(36-25)33-13-32-19-21(29)30-12-31-22(19)33/h3-10,12-13,18,20,23-24,34H,11H2,1-2H3,(H2,29,30,31)/t18-,20+,23-,25-/m1/s1. The number of halogens is 3. The highest BCUT2D eigenvalue weighted by Crippen LogP contribution is 2.53. The zero-order valence-corrected chi connectivity index (χ0v) is 22.9. The maximum atomic E-state index is 15.5. The largest absolute Gasteiger partial charge is 0.435 e. The van der Waals surface area contributed by atoms with Crippen molar-refractivity contribution in [3.8, 4) is 11.5 Å². The quantitative estimate of drug-likeness (QED) is 0.264. The van der Waals surface area contributed by atoms with Crippen molar-refractivity contribution in [3.05, 3.63) is 72.3 Å². The van der Waals surface area contributed by atoms with Crippen molar-refractivity contribution >= 4 is 35.5 Å². The van der Waals surface area contributed by atoms with E-state index >= 15 is 4.39 Å². The molecule has 3 N–H and O–H groups in total. The van der Waals surface area contributed by atoms with Gasteiger partial charge in [-0.05, 0) is 38.1 Å². The van der Waals surface area contributed by atoms with Crippen LogP contribution in [0.4, 0.5) is 19.0 Å². The van der Waals surface area contributed by atoms with Crippen molar-refractivity contribution in [1.82, 2.24) is 19.5 Å². The first-order valence-corrected chi connectivity index (χ1v) is 14.6. The van der Waals surface area contributed by atoms with Crippen LogP contribution in [0.5, 0.6) is 11.5 Å². The second-order valence-electron chi connectivity index (χ2n) is 9.27. The third-order valence-corrected chi connectivity index (χ3v) is 8.45. The van der Waals surface area contributed by atoms with Crippen LogP contribution in [0.1, 0.15) is 17.4 Å². The summed E-state index contributed by atoms with van der Waals surface area (Å²) < 4.78 is 68.8. The number of imidazole rings is 1. The zero-order valence-electron chi connectivity index (χ0n) is 21.2. The molecule has 1 fully saturated rings. The van der Waals surface area contributed by atoms with Gasteiger partial charge in [-0.2, -0.15) is 0 Å². The van der Waals surface area contributed by atoms with Gasteiger partial charge in [0.2, 0.25) is 0 Å². The highest BCUT2D eigenvalue weighted by Gasteiger charge is 2.62. The number of aromatic nitrogens is 4. The molecule has 0 bridgehead atoms. The van der Waals surface area contributed by atoms with E-state index in [0.29, 0.717) is 0 Å². The van der Waals surface area contributed by atoms with Gasteiger partial charge in [0.15, 0.2) is 29.5 Å². The summed E-state index contributed by atoms with van der Waals surface area (Å²) in [6.45, 7) is -1.18. The van der Waals surface area contributed by atoms with E-state index in [0.717, 1.165) is 28.3 Å². The lowest BCUT2D eigenvalue weighted by atomic mass is 9.97. The topological polar surface area (TPSA) is 127 Å². The molecule has 1 saturated heterocycles. The van der Waals surface area contributed by atoms with E-state index in [1.807, 2.05) is 13.8 Å². The molecule has 5 rings (SSSR count). The maximum Gasteiger partial charge on any atom is 0.435 e. The summed E-state index contributed by atoms with van der Waals surface area (Å²) in [4.78, 5) is 11.8. The van der Waals surface area contributed by atoms with Crippen molar-refractivity contribution < 1.29 is 36.6 Å². The molecule has 2 aromatic heterocycles. The van der Waals surface area contributed by atoms with Crippen molar-refractivity contribution in [2.45, 2.75) is 44.4 Å². The molecule has 0 unspecified atom stereocenters. The van der Waals surface area contributed by atoms with E-state index in [9.17, 15) is 13.9 Å². The van der Waals surface area contributed by atoms with E-state index in [1.54, 1.807) is 48.5 Å². The molecule has 40 heavy (non-hydrogen) atoms. The summed E-state index contributed by atoms with van der Waals surface area (Å²) in [5.41, 5.74) is 4.99. The molecule has 0 radical (unpaired) electrons. The number of aliphatic hydroxyl groups excluding tert-OH is 1. The predicted octanol–water partition coefficient (Wildman–Crippen LogP) is 4.66. The van der Waals surface area contributed by atoms with Crippen LogP contribution in [-0.2, 0) is 21.1 Å². The number of anilines is 1. The molecule has 2 aromatic carbocycles. The Morgan fingerprint density at radius 2 is 1.62 bits per heavy atom. The van der Waals surface area contributed by atoms with Crippen molar-refractivity contribution in [1.29, 1.82) is 0 Å². The number of aryl methyl sites for hydroxylation is 2. The van der Waals surface area contributed by atoms with Crippen LogP contribution in [-0.4, -0.2) is 55.5 Å². The summed E-state index contributed by atoms with van der Waals surface area (Å²) in [7, 11) is 0. The Balaban J connectivity index is 1.45. The number of nitrogens with zero attached hydrogens (tertiary/aromatic N) is 4. The number of alkyl halides is 3. The minimum atomic E-state index is -3.87. The molecule has 1 aliphatic rings. The van der Waals surface area contributed by atoms with Gasteiger partial charge in [0.1, 0.15) is 29.4 Å². The monoisotopic (exact) mass is 595 g/mol. The molecule has 15 heteroatoms. The number of hydrogen-bond donors (Lipinski definition) is 2. The summed E-state index contributed by atoms with van der Waals surface area (Å²) in [6, 6.07) is 13.5. The van der Waals surface area contributed by atoms with Gasteiger partial charge in [0.25, 0.3) is 6.43 Å². The fraction of sp³-hybridized carbons (Fsp3) is 0.320. The van der Waals surface area contributed by atoms with E-state index in [-0.39, 0.29) is 28.5 Å². The molecule has 1 aliphatic heterocycles. The Hall–Kier alpha value is -3.29. The highest BCUT2D eigenvalue weighted by atomic mass is 32.5. The summed E-state index contributed by atoms with van der Waals surface area (Å²) in [6.07, 6.45) is -7.55. The van der Waals surface area contributed by atoms with Crippen LogP contribution in [0.15, 0.2) is 61.2 Å². The lowest BCUT2D eigenvalue weighted by molar-refractivity contribution is -0.191. The summed E-state index contributed by atoms with van der Waals surface area (Å²) in [5.74, 6) is 0.537. The molecule has 0 amide bonds. The predicted molar refractivity (Wildman–Crippen MR) is 143 cm³/mol. The average Bonchev–Trinajstić information content (AvgIpc) is 3.46. The van der Waals surface area contributed by atoms with Crippen LogP contribution in [0, 0.1) is 13.8 Å². The Kier molecular flexibility index (Phi) is 7.73. The normalized spacial score (nSPS) is 23.1. The van der Waals surface area contributed by atoms with Crippen LogP contribution in [0.2, 0.25) is 0 Å². The Bertz CT molecular complexity index is 1490. The van der Waals surface area contributed by atoms with Crippen LogP contribution < -0.4 is 14.8 Å². The van der Waals surface area contributed by atoms with Gasteiger partial charge in [-0.25, -0.2) is 28.1 Å². The molecule has 10 nitrogen and oxygen atoms in total. The van der Waals surface area contributed by atoms with Crippen molar-refractivity contribution in [3.63, 3.8) is 0 Å². The third kappa shape index (κ3) is 5.37. The molecule has 3 heterocycles. The molecule has 0 aliphatic carbocycles. The fourth-order valence-electron chi connectivity index (χ4n) is 4.12. The third-order valence-electron chi connectivity index (χ3n) is 6.37. The second kappa shape index (κ2) is 10.9. The number of aliphatic hydroxyl groups is 1.